The summed E-state index contributed by atoms with van der Waals surface area (Å²) in [6, 6.07) is 2.94. The molecule has 0 aliphatic carbocycles. The molecule has 7 heteroatoms. The van der Waals surface area contributed by atoms with Gasteiger partial charge in [-0.05, 0) is 6.07 Å². The van der Waals surface area contributed by atoms with Crippen LogP contribution in [-0.4, -0.2) is 37.9 Å². The highest BCUT2D eigenvalue weighted by Gasteiger charge is 2.08. The Balaban J connectivity index is 2.38. The molecule has 2 heterocycles. The molecule has 1 N–H and O–H groups in total. The first-order valence-corrected chi connectivity index (χ1v) is 4.36. The molecular weight excluding hydrogens is 212 g/mol. The van der Waals surface area contributed by atoms with Crippen molar-refractivity contribution in [1.82, 2.24) is 19.7 Å². The number of hydrogen-bond acceptors (Lipinski definition) is 5. The molecule has 0 saturated carbocycles. The minimum Gasteiger partial charge on any atom is -0.481 e. The third-order valence-corrected chi connectivity index (χ3v) is 1.88. The fraction of sp³-hybridized carbons (Fsp3) is 0.111. The van der Waals surface area contributed by atoms with Crippen LogP contribution in [0.3, 0.4) is 0 Å². The van der Waals surface area contributed by atoms with Crippen LogP contribution in [0, 0.1) is 0 Å². The highest BCUT2D eigenvalue weighted by atomic mass is 16.5. The normalized spacial score (nSPS) is 10.1. The van der Waals surface area contributed by atoms with Crippen molar-refractivity contribution < 1.29 is 14.6 Å². The van der Waals surface area contributed by atoms with Crippen LogP contribution >= 0.6 is 0 Å². The lowest BCUT2D eigenvalue weighted by molar-refractivity contribution is 0.0690. The average molecular weight is 220 g/mol. The topological polar surface area (TPSA) is 90.1 Å². The number of carboxylic acid groups (broad SMARTS) is 1. The van der Waals surface area contributed by atoms with Gasteiger partial charge in [-0.25, -0.2) is 19.4 Å². The molecule has 0 saturated heterocycles. The zero-order chi connectivity index (χ0) is 11.5. The Bertz CT molecular complexity index is 523. The predicted octanol–water partition coefficient (Wildman–Crippen LogP) is 0.369. The molecule has 0 radical (unpaired) electrons. The summed E-state index contributed by atoms with van der Waals surface area (Å²) in [7, 11) is 1.48. The van der Waals surface area contributed by atoms with Crippen LogP contribution < -0.4 is 4.74 Å². The minimum atomic E-state index is -1.08. The Labute approximate surface area is 90.3 Å². The molecule has 16 heavy (non-hydrogen) atoms. The van der Waals surface area contributed by atoms with E-state index in [1.165, 1.54) is 30.4 Å². The summed E-state index contributed by atoms with van der Waals surface area (Å²) < 4.78 is 6.26. The second kappa shape index (κ2) is 3.97. The Morgan fingerprint density at radius 3 is 2.94 bits per heavy atom. The SMILES string of the molecule is COc1cc(-n2ccc(C(=O)O)n2)ncn1. The van der Waals surface area contributed by atoms with Gasteiger partial charge in [0, 0.05) is 12.3 Å². The first kappa shape index (κ1) is 10.1. The van der Waals surface area contributed by atoms with E-state index in [0.717, 1.165) is 0 Å². The van der Waals surface area contributed by atoms with E-state index in [0.29, 0.717) is 11.7 Å². The lowest BCUT2D eigenvalue weighted by Crippen LogP contribution is -2.03. The zero-order valence-electron chi connectivity index (χ0n) is 8.36. The maximum absolute atomic E-state index is 10.6. The van der Waals surface area contributed by atoms with Gasteiger partial charge in [0.25, 0.3) is 0 Å². The second-order valence-electron chi connectivity index (χ2n) is 2.87. The van der Waals surface area contributed by atoms with Crippen LogP contribution in [0.25, 0.3) is 5.82 Å². The van der Waals surface area contributed by atoms with Crippen molar-refractivity contribution in [2.75, 3.05) is 7.11 Å². The van der Waals surface area contributed by atoms with E-state index >= 15 is 0 Å². The number of carbonyl (C=O) groups is 1. The standard InChI is InChI=1S/C9H8N4O3/c1-16-8-4-7(10-5-11-8)13-3-2-6(12-13)9(14)15/h2-5H,1H3,(H,14,15). The van der Waals surface area contributed by atoms with Crippen LogP contribution in [0.15, 0.2) is 24.7 Å². The van der Waals surface area contributed by atoms with Crippen molar-refractivity contribution >= 4 is 5.97 Å². The van der Waals surface area contributed by atoms with E-state index in [2.05, 4.69) is 15.1 Å². The summed E-state index contributed by atoms with van der Waals surface area (Å²) in [6.07, 6.45) is 2.82. The Morgan fingerprint density at radius 2 is 2.31 bits per heavy atom. The van der Waals surface area contributed by atoms with Gasteiger partial charge in [0.05, 0.1) is 7.11 Å². The summed E-state index contributed by atoms with van der Waals surface area (Å²) in [6.45, 7) is 0. The van der Waals surface area contributed by atoms with E-state index in [-0.39, 0.29) is 5.69 Å². The van der Waals surface area contributed by atoms with Gasteiger partial charge in [-0.15, -0.1) is 0 Å². The average Bonchev–Trinajstić information content (AvgIpc) is 2.78. The van der Waals surface area contributed by atoms with Crippen LogP contribution in [-0.2, 0) is 0 Å². The fourth-order valence-electron chi connectivity index (χ4n) is 1.13. The van der Waals surface area contributed by atoms with Crippen LogP contribution in [0.5, 0.6) is 5.88 Å². The smallest absolute Gasteiger partial charge is 0.356 e. The van der Waals surface area contributed by atoms with Crippen LogP contribution in [0.1, 0.15) is 10.5 Å². The van der Waals surface area contributed by atoms with Crippen LogP contribution in [0.4, 0.5) is 0 Å². The number of nitrogens with zero attached hydrogens (tertiary/aromatic N) is 4. The number of ether oxygens (including phenoxy) is 1. The summed E-state index contributed by atoms with van der Waals surface area (Å²) in [5, 5.41) is 12.5. The number of aromatic carboxylic acids is 1. The highest BCUT2D eigenvalue weighted by Crippen LogP contribution is 2.10. The molecule has 0 spiro atoms. The molecule has 0 bridgehead atoms. The Morgan fingerprint density at radius 1 is 1.50 bits per heavy atom. The maximum Gasteiger partial charge on any atom is 0.356 e. The maximum atomic E-state index is 10.6. The molecule has 2 aromatic heterocycles. The summed E-state index contributed by atoms with van der Waals surface area (Å²) >= 11 is 0. The quantitative estimate of drug-likeness (QED) is 0.803. The van der Waals surface area contributed by atoms with Gasteiger partial charge in [0.1, 0.15) is 6.33 Å². The first-order chi connectivity index (χ1) is 7.70. The van der Waals surface area contributed by atoms with E-state index in [1.54, 1.807) is 6.07 Å². The first-order valence-electron chi connectivity index (χ1n) is 4.36. The molecule has 2 rings (SSSR count). The minimum absolute atomic E-state index is 0.0439. The van der Waals surface area contributed by atoms with Gasteiger partial charge >= 0.3 is 5.97 Å². The van der Waals surface area contributed by atoms with Crippen molar-refractivity contribution in [1.29, 1.82) is 0 Å². The molecule has 0 fully saturated rings. The number of hydrogen-bond donors (Lipinski definition) is 1. The van der Waals surface area contributed by atoms with Crippen molar-refractivity contribution in [3.8, 4) is 11.7 Å². The molecule has 82 valence electrons. The van der Waals surface area contributed by atoms with E-state index in [1.807, 2.05) is 0 Å². The van der Waals surface area contributed by atoms with E-state index in [4.69, 9.17) is 9.84 Å². The Kier molecular flexibility index (Phi) is 2.50. The second-order valence-corrected chi connectivity index (χ2v) is 2.87. The van der Waals surface area contributed by atoms with E-state index < -0.39 is 5.97 Å². The van der Waals surface area contributed by atoms with Gasteiger partial charge in [-0.3, -0.25) is 0 Å². The summed E-state index contributed by atoms with van der Waals surface area (Å²) in [5.41, 5.74) is -0.0439. The Hall–Kier alpha value is -2.44. The lowest BCUT2D eigenvalue weighted by Gasteiger charge is -2.01. The van der Waals surface area contributed by atoms with Crippen molar-refractivity contribution in [2.24, 2.45) is 0 Å². The third kappa shape index (κ3) is 1.83. The predicted molar refractivity (Wildman–Crippen MR) is 52.7 cm³/mol. The fourth-order valence-corrected chi connectivity index (χ4v) is 1.13. The van der Waals surface area contributed by atoms with Crippen molar-refractivity contribution in [3.05, 3.63) is 30.4 Å². The highest BCUT2D eigenvalue weighted by molar-refractivity contribution is 5.85. The van der Waals surface area contributed by atoms with Gasteiger partial charge in [0.15, 0.2) is 11.5 Å². The molecule has 2 aromatic rings. The van der Waals surface area contributed by atoms with Gasteiger partial charge in [0.2, 0.25) is 5.88 Å². The molecule has 7 nitrogen and oxygen atoms in total. The number of carboxylic acids is 1. The molecule has 0 aliphatic rings. The number of rotatable bonds is 3. The summed E-state index contributed by atoms with van der Waals surface area (Å²) in [5.74, 6) is -0.253. The van der Waals surface area contributed by atoms with Gasteiger partial charge < -0.3 is 9.84 Å². The largest absolute Gasteiger partial charge is 0.481 e. The van der Waals surface area contributed by atoms with Crippen molar-refractivity contribution in [2.45, 2.75) is 0 Å². The zero-order valence-corrected chi connectivity index (χ0v) is 8.36. The molecule has 0 aromatic carbocycles. The van der Waals surface area contributed by atoms with E-state index in [9.17, 15) is 4.79 Å². The summed E-state index contributed by atoms with van der Waals surface area (Å²) in [4.78, 5) is 18.4. The molecule has 0 unspecified atom stereocenters. The molecule has 0 amide bonds. The van der Waals surface area contributed by atoms with Crippen molar-refractivity contribution in [3.63, 3.8) is 0 Å². The third-order valence-electron chi connectivity index (χ3n) is 1.88. The molecule has 0 atom stereocenters. The molecule has 0 aliphatic heterocycles. The number of methoxy groups -OCH3 is 1. The van der Waals surface area contributed by atoms with Gasteiger partial charge in [-0.1, -0.05) is 0 Å². The number of aromatic nitrogens is 4. The lowest BCUT2D eigenvalue weighted by atomic mass is 10.5. The monoisotopic (exact) mass is 220 g/mol. The van der Waals surface area contributed by atoms with Crippen LogP contribution in [0.2, 0.25) is 0 Å². The van der Waals surface area contributed by atoms with Gasteiger partial charge in [-0.2, -0.15) is 5.10 Å². The molecular formula is C9H8N4O3.